The lowest BCUT2D eigenvalue weighted by Crippen LogP contribution is -1.80. The number of nitrogens with zero attached hydrogens (tertiary/aromatic N) is 1. The monoisotopic (exact) mass is 305 g/mol. The van der Waals surface area contributed by atoms with Crippen molar-refractivity contribution in [2.24, 2.45) is 0 Å². The highest BCUT2D eigenvalue weighted by molar-refractivity contribution is 14.1. The molecule has 0 aliphatic rings. The summed E-state index contributed by atoms with van der Waals surface area (Å²) in [5, 5.41) is 8.33. The van der Waals surface area contributed by atoms with Gasteiger partial charge in [-0.3, -0.25) is 0 Å². The average Bonchev–Trinajstić information content (AvgIpc) is 2.21. The highest BCUT2D eigenvalue weighted by atomic mass is 127. The van der Waals surface area contributed by atoms with E-state index in [4.69, 9.17) is 5.26 Å². The second-order valence-electron chi connectivity index (χ2n) is 3.53. The van der Waals surface area contributed by atoms with Crippen LogP contribution in [0.5, 0.6) is 0 Å². The maximum Gasteiger partial charge on any atom is 0.0621 e. The summed E-state index contributed by atoms with van der Waals surface area (Å²) in [6.07, 6.45) is 13.2. The summed E-state index contributed by atoms with van der Waals surface area (Å²) in [6, 6.07) is 2.18. The first-order valence-corrected chi connectivity index (χ1v) is 6.78. The molecule has 80 valence electrons. The van der Waals surface area contributed by atoms with Crippen molar-refractivity contribution in [3.63, 3.8) is 0 Å². The number of allylic oxidation sites excluding steroid dienone is 1. The minimum absolute atomic E-state index is 0.737. The third kappa shape index (κ3) is 12.0. The fourth-order valence-electron chi connectivity index (χ4n) is 1.41. The Balaban J connectivity index is 2.89. The normalized spacial score (nSPS) is 10.6. The van der Waals surface area contributed by atoms with Crippen LogP contribution in [0.25, 0.3) is 0 Å². The van der Waals surface area contributed by atoms with E-state index in [0.29, 0.717) is 0 Å². The zero-order valence-electron chi connectivity index (χ0n) is 8.84. The van der Waals surface area contributed by atoms with Crippen LogP contribution in [0.4, 0.5) is 0 Å². The molecular weight excluding hydrogens is 285 g/mol. The molecule has 1 nitrogen and oxygen atoms in total. The third-order valence-electron chi connectivity index (χ3n) is 2.25. The summed E-state index contributed by atoms with van der Waals surface area (Å²) in [5.41, 5.74) is 0. The quantitative estimate of drug-likeness (QED) is 0.436. The van der Waals surface area contributed by atoms with Gasteiger partial charge in [-0.05, 0) is 23.3 Å². The average molecular weight is 305 g/mol. The molecule has 0 atom stereocenters. The van der Waals surface area contributed by atoms with Crippen LogP contribution in [0.3, 0.4) is 0 Å². The maximum atomic E-state index is 8.33. The van der Waals surface area contributed by atoms with Crippen LogP contribution < -0.4 is 0 Å². The van der Waals surface area contributed by atoms with E-state index in [1.54, 1.807) is 0 Å². The van der Waals surface area contributed by atoms with Crippen LogP contribution in [-0.2, 0) is 0 Å². The van der Waals surface area contributed by atoms with E-state index in [-0.39, 0.29) is 0 Å². The van der Waals surface area contributed by atoms with Crippen LogP contribution in [0, 0.1) is 11.3 Å². The Morgan fingerprint density at radius 2 is 1.50 bits per heavy atom. The van der Waals surface area contributed by atoms with E-state index in [9.17, 15) is 0 Å². The highest BCUT2D eigenvalue weighted by Gasteiger charge is 1.90. The number of hydrogen-bond acceptors (Lipinski definition) is 1. The predicted octanol–water partition coefficient (Wildman–Crippen LogP) is 4.97. The smallest absolute Gasteiger partial charge is 0.0621 e. The second kappa shape index (κ2) is 13.0. The Morgan fingerprint density at radius 1 is 0.929 bits per heavy atom. The van der Waals surface area contributed by atoms with E-state index >= 15 is 0 Å². The Morgan fingerprint density at radius 3 is 2.07 bits per heavy atom. The molecule has 0 aliphatic carbocycles. The molecule has 0 heterocycles. The summed E-state index contributed by atoms with van der Waals surface area (Å²) >= 11 is 2.27. The molecule has 0 bridgehead atoms. The van der Waals surface area contributed by atoms with Crippen molar-refractivity contribution in [2.45, 2.75) is 57.8 Å². The van der Waals surface area contributed by atoms with Gasteiger partial charge in [-0.2, -0.15) is 5.26 Å². The summed E-state index contributed by atoms with van der Waals surface area (Å²) in [4.78, 5) is 0. The van der Waals surface area contributed by atoms with E-state index in [0.717, 1.165) is 12.8 Å². The number of rotatable bonds is 9. The van der Waals surface area contributed by atoms with Gasteiger partial charge < -0.3 is 0 Å². The van der Waals surface area contributed by atoms with Gasteiger partial charge in [0.1, 0.15) is 0 Å². The number of halogens is 1. The summed E-state index contributed by atoms with van der Waals surface area (Å²) < 4.78 is 2.10. The van der Waals surface area contributed by atoms with E-state index in [1.165, 1.54) is 44.9 Å². The maximum absolute atomic E-state index is 8.33. The predicted molar refractivity (Wildman–Crippen MR) is 70.3 cm³/mol. The SMILES string of the molecule is N#CCCCCCCCCCC=CI. The van der Waals surface area contributed by atoms with E-state index in [1.807, 2.05) is 0 Å². The molecule has 14 heavy (non-hydrogen) atoms. The topological polar surface area (TPSA) is 23.8 Å². The summed E-state index contributed by atoms with van der Waals surface area (Å²) in [6.45, 7) is 0. The molecule has 0 aliphatic heterocycles. The van der Waals surface area contributed by atoms with Crippen molar-refractivity contribution in [2.75, 3.05) is 0 Å². The van der Waals surface area contributed by atoms with Gasteiger partial charge in [-0.15, -0.1) is 0 Å². The van der Waals surface area contributed by atoms with Crippen molar-refractivity contribution in [3.8, 4) is 6.07 Å². The zero-order chi connectivity index (χ0) is 10.5. The highest BCUT2D eigenvalue weighted by Crippen LogP contribution is 2.09. The minimum atomic E-state index is 0.737. The Kier molecular flexibility index (Phi) is 12.9. The first-order valence-electron chi connectivity index (χ1n) is 5.54. The van der Waals surface area contributed by atoms with Crippen LogP contribution in [0.15, 0.2) is 10.2 Å². The van der Waals surface area contributed by atoms with Gasteiger partial charge >= 0.3 is 0 Å². The first kappa shape index (κ1) is 14.0. The van der Waals surface area contributed by atoms with Crippen molar-refractivity contribution in [1.29, 1.82) is 5.26 Å². The van der Waals surface area contributed by atoms with Crippen molar-refractivity contribution in [3.05, 3.63) is 10.2 Å². The molecule has 0 aromatic rings. The van der Waals surface area contributed by atoms with Crippen LogP contribution in [-0.4, -0.2) is 0 Å². The zero-order valence-corrected chi connectivity index (χ0v) is 11.0. The fourth-order valence-corrected chi connectivity index (χ4v) is 1.77. The number of unbranched alkanes of at least 4 members (excludes halogenated alkanes) is 8. The van der Waals surface area contributed by atoms with E-state index < -0.39 is 0 Å². The van der Waals surface area contributed by atoms with Crippen LogP contribution in [0.1, 0.15) is 57.8 Å². The van der Waals surface area contributed by atoms with Crippen molar-refractivity contribution in [1.82, 2.24) is 0 Å². The minimum Gasteiger partial charge on any atom is -0.198 e. The van der Waals surface area contributed by atoms with Crippen LogP contribution in [0.2, 0.25) is 0 Å². The largest absolute Gasteiger partial charge is 0.198 e. The van der Waals surface area contributed by atoms with Gasteiger partial charge in [0.2, 0.25) is 0 Å². The molecule has 0 saturated carbocycles. The lowest BCUT2D eigenvalue weighted by atomic mass is 10.1. The van der Waals surface area contributed by atoms with Gasteiger partial charge in [0.15, 0.2) is 0 Å². The summed E-state index contributed by atoms with van der Waals surface area (Å²) in [5.74, 6) is 0. The molecule has 0 spiro atoms. The van der Waals surface area contributed by atoms with Crippen LogP contribution >= 0.6 is 22.6 Å². The molecular formula is C12H20IN. The standard InChI is InChI=1S/C12H20IN/c13-11-9-7-5-3-1-2-4-6-8-10-12-14/h9,11H,1-8,10H2. The Bertz CT molecular complexity index is 170. The van der Waals surface area contributed by atoms with Crippen molar-refractivity contribution >= 4 is 22.6 Å². The molecule has 0 saturated heterocycles. The molecule has 0 unspecified atom stereocenters. The van der Waals surface area contributed by atoms with Crippen molar-refractivity contribution < 1.29 is 0 Å². The van der Waals surface area contributed by atoms with Gasteiger partial charge in [0, 0.05) is 6.42 Å². The lowest BCUT2D eigenvalue weighted by Gasteiger charge is -1.99. The number of hydrogen-bond donors (Lipinski definition) is 0. The molecule has 0 aromatic carbocycles. The summed E-state index contributed by atoms with van der Waals surface area (Å²) in [7, 11) is 0. The molecule has 2 heteroatoms. The lowest BCUT2D eigenvalue weighted by molar-refractivity contribution is 0.585. The molecule has 0 N–H and O–H groups in total. The number of nitriles is 1. The molecule has 0 amide bonds. The fraction of sp³-hybridized carbons (Fsp3) is 0.750. The molecule has 0 rings (SSSR count). The molecule has 0 radical (unpaired) electrons. The molecule has 0 aromatic heterocycles. The van der Waals surface area contributed by atoms with Gasteiger partial charge in [-0.25, -0.2) is 0 Å². The second-order valence-corrected chi connectivity index (χ2v) is 4.25. The Hall–Kier alpha value is -0.0400. The third-order valence-corrected chi connectivity index (χ3v) is 2.76. The van der Waals surface area contributed by atoms with Gasteiger partial charge in [-0.1, -0.05) is 60.8 Å². The first-order chi connectivity index (χ1) is 6.91. The van der Waals surface area contributed by atoms with Gasteiger partial charge in [0.25, 0.3) is 0 Å². The van der Waals surface area contributed by atoms with Gasteiger partial charge in [0.05, 0.1) is 6.07 Å². The Labute approximate surface area is 102 Å². The molecule has 0 fully saturated rings. The van der Waals surface area contributed by atoms with E-state index in [2.05, 4.69) is 38.8 Å².